The van der Waals surface area contributed by atoms with Gasteiger partial charge in [0, 0.05) is 16.3 Å². The molecule has 0 saturated heterocycles. The molecule has 4 rings (SSSR count). The van der Waals surface area contributed by atoms with Gasteiger partial charge >= 0.3 is 0 Å². The average Bonchev–Trinajstić information content (AvgIpc) is 2.94. The Morgan fingerprint density at radius 1 is 1.07 bits per heavy atom. The van der Waals surface area contributed by atoms with Crippen LogP contribution >= 0.6 is 11.6 Å². The van der Waals surface area contributed by atoms with Crippen molar-refractivity contribution in [3.05, 3.63) is 94.5 Å². The van der Waals surface area contributed by atoms with Crippen molar-refractivity contribution in [1.29, 1.82) is 0 Å². The number of para-hydroxylation sites is 1. The number of carbonyl (C=O) groups excluding carboxylic acids is 2. The van der Waals surface area contributed by atoms with Crippen LogP contribution in [-0.2, 0) is 15.2 Å². The van der Waals surface area contributed by atoms with Gasteiger partial charge in [-0.2, -0.15) is 0 Å². The Bertz CT molecular complexity index is 1100. The summed E-state index contributed by atoms with van der Waals surface area (Å²) in [5.41, 5.74) is 1.05. The van der Waals surface area contributed by atoms with Gasteiger partial charge in [0.05, 0.1) is 5.69 Å². The van der Waals surface area contributed by atoms with E-state index in [-0.39, 0.29) is 12.5 Å². The molecule has 3 aromatic rings. The highest BCUT2D eigenvalue weighted by Gasteiger charge is 2.51. The van der Waals surface area contributed by atoms with E-state index in [4.69, 9.17) is 11.6 Å². The highest BCUT2D eigenvalue weighted by Crippen LogP contribution is 2.44. The molecule has 146 valence electrons. The zero-order valence-electron chi connectivity index (χ0n) is 15.7. The van der Waals surface area contributed by atoms with Crippen molar-refractivity contribution in [2.24, 2.45) is 0 Å². The lowest BCUT2D eigenvalue weighted by atomic mass is 9.88. The summed E-state index contributed by atoms with van der Waals surface area (Å²) in [6, 6.07) is 20.9. The fourth-order valence-electron chi connectivity index (χ4n) is 3.61. The van der Waals surface area contributed by atoms with Gasteiger partial charge in [-0.15, -0.1) is 0 Å². The van der Waals surface area contributed by atoms with E-state index in [2.05, 4.69) is 5.32 Å². The van der Waals surface area contributed by atoms with Crippen LogP contribution < -0.4 is 10.2 Å². The Morgan fingerprint density at radius 3 is 2.52 bits per heavy atom. The number of carbonyl (C=O) groups is 2. The third-order valence-corrected chi connectivity index (χ3v) is 5.34. The molecule has 0 aliphatic carbocycles. The second-order valence-corrected chi connectivity index (χ2v) is 7.43. The van der Waals surface area contributed by atoms with Gasteiger partial charge in [-0.3, -0.25) is 14.5 Å². The van der Waals surface area contributed by atoms with E-state index in [0.717, 1.165) is 5.56 Å². The maximum absolute atomic E-state index is 13.3. The molecule has 1 atom stereocenters. The predicted molar refractivity (Wildman–Crippen MR) is 113 cm³/mol. The summed E-state index contributed by atoms with van der Waals surface area (Å²) in [4.78, 5) is 27.3. The lowest BCUT2D eigenvalue weighted by Gasteiger charge is -2.23. The van der Waals surface area contributed by atoms with Crippen LogP contribution in [0.2, 0.25) is 5.02 Å². The molecule has 6 heteroatoms. The van der Waals surface area contributed by atoms with Crippen molar-refractivity contribution in [2.75, 3.05) is 16.8 Å². The van der Waals surface area contributed by atoms with Crippen LogP contribution in [0, 0.1) is 6.92 Å². The molecule has 1 aliphatic rings. The Morgan fingerprint density at radius 2 is 1.76 bits per heavy atom. The maximum atomic E-state index is 13.3. The number of aryl methyl sites for hydroxylation is 1. The third-order valence-electron chi connectivity index (χ3n) is 5.11. The van der Waals surface area contributed by atoms with Gasteiger partial charge in [0.1, 0.15) is 6.54 Å². The molecule has 2 amide bonds. The van der Waals surface area contributed by atoms with Crippen LogP contribution in [0.25, 0.3) is 0 Å². The van der Waals surface area contributed by atoms with E-state index >= 15 is 0 Å². The SMILES string of the molecule is Cc1ccc(Cl)cc1NC(=O)CN1C(=O)C(O)(c2ccccc2)c2ccccc21. The monoisotopic (exact) mass is 406 g/mol. The molecule has 1 unspecified atom stereocenters. The number of nitrogens with zero attached hydrogens (tertiary/aromatic N) is 1. The standard InChI is InChI=1S/C23H19ClN2O3/c1-15-11-12-17(24)13-19(15)25-21(27)14-26-20-10-6-5-9-18(20)23(29,22(26)28)16-7-3-2-4-8-16/h2-13,29H,14H2,1H3,(H,25,27). The predicted octanol–water partition coefficient (Wildman–Crippen LogP) is 3.87. The first-order valence-electron chi connectivity index (χ1n) is 9.16. The average molecular weight is 407 g/mol. The minimum Gasteiger partial charge on any atom is -0.372 e. The van der Waals surface area contributed by atoms with Gasteiger partial charge in [0.2, 0.25) is 5.91 Å². The first-order valence-corrected chi connectivity index (χ1v) is 9.54. The fourth-order valence-corrected chi connectivity index (χ4v) is 3.78. The summed E-state index contributed by atoms with van der Waals surface area (Å²) in [5, 5.41) is 14.7. The molecular formula is C23H19ClN2O3. The van der Waals surface area contributed by atoms with Gasteiger partial charge in [-0.25, -0.2) is 0 Å². The molecule has 0 aromatic heterocycles. The van der Waals surface area contributed by atoms with Crippen molar-refractivity contribution in [1.82, 2.24) is 0 Å². The zero-order valence-corrected chi connectivity index (χ0v) is 16.5. The van der Waals surface area contributed by atoms with Gasteiger partial charge in [-0.05, 0) is 36.2 Å². The van der Waals surface area contributed by atoms with Crippen LogP contribution in [-0.4, -0.2) is 23.5 Å². The molecule has 3 aromatic carbocycles. The van der Waals surface area contributed by atoms with Crippen LogP contribution in [0.3, 0.4) is 0 Å². The number of rotatable bonds is 4. The van der Waals surface area contributed by atoms with E-state index in [9.17, 15) is 14.7 Å². The summed E-state index contributed by atoms with van der Waals surface area (Å²) in [5.74, 6) is -0.932. The Hall–Kier alpha value is -3.15. The second-order valence-electron chi connectivity index (χ2n) is 6.99. The Kier molecular flexibility index (Phi) is 4.86. The van der Waals surface area contributed by atoms with E-state index in [0.29, 0.717) is 27.5 Å². The molecule has 1 heterocycles. The zero-order chi connectivity index (χ0) is 20.6. The number of amides is 2. The van der Waals surface area contributed by atoms with Crippen LogP contribution in [0.4, 0.5) is 11.4 Å². The van der Waals surface area contributed by atoms with Crippen molar-refractivity contribution < 1.29 is 14.7 Å². The number of benzene rings is 3. The lowest BCUT2D eigenvalue weighted by Crippen LogP contribution is -2.44. The summed E-state index contributed by atoms with van der Waals surface area (Å²) >= 11 is 6.02. The number of nitrogens with one attached hydrogen (secondary N) is 1. The van der Waals surface area contributed by atoms with Crippen LogP contribution in [0.1, 0.15) is 16.7 Å². The summed E-state index contributed by atoms with van der Waals surface area (Å²) < 4.78 is 0. The van der Waals surface area contributed by atoms with E-state index in [1.165, 1.54) is 4.90 Å². The summed E-state index contributed by atoms with van der Waals surface area (Å²) in [6.07, 6.45) is 0. The smallest absolute Gasteiger partial charge is 0.268 e. The number of halogens is 1. The Balaban J connectivity index is 1.66. The molecule has 0 spiro atoms. The summed E-state index contributed by atoms with van der Waals surface area (Å²) in [7, 11) is 0. The van der Waals surface area contributed by atoms with Crippen LogP contribution in [0.5, 0.6) is 0 Å². The highest BCUT2D eigenvalue weighted by atomic mass is 35.5. The van der Waals surface area contributed by atoms with Crippen molar-refractivity contribution in [3.8, 4) is 0 Å². The number of anilines is 2. The highest BCUT2D eigenvalue weighted by molar-refractivity contribution is 6.31. The van der Waals surface area contributed by atoms with Gasteiger partial charge < -0.3 is 10.4 Å². The molecule has 0 fully saturated rings. The molecular weight excluding hydrogens is 388 g/mol. The molecule has 1 aliphatic heterocycles. The first-order chi connectivity index (χ1) is 13.9. The number of hydrogen-bond donors (Lipinski definition) is 2. The van der Waals surface area contributed by atoms with Crippen LogP contribution in [0.15, 0.2) is 72.8 Å². The van der Waals surface area contributed by atoms with Crippen molar-refractivity contribution in [2.45, 2.75) is 12.5 Å². The maximum Gasteiger partial charge on any atom is 0.268 e. The van der Waals surface area contributed by atoms with Crippen molar-refractivity contribution >= 4 is 34.8 Å². The number of fused-ring (bicyclic) bond motifs is 1. The van der Waals surface area contributed by atoms with Gasteiger partial charge in [-0.1, -0.05) is 66.2 Å². The second kappa shape index (κ2) is 7.35. The number of hydrogen-bond acceptors (Lipinski definition) is 3. The quantitative estimate of drug-likeness (QED) is 0.691. The minimum absolute atomic E-state index is 0.225. The molecule has 2 N–H and O–H groups in total. The van der Waals surface area contributed by atoms with Gasteiger partial charge in [0.15, 0.2) is 5.60 Å². The minimum atomic E-state index is -1.83. The third kappa shape index (κ3) is 3.28. The molecule has 0 saturated carbocycles. The van der Waals surface area contributed by atoms with Gasteiger partial charge in [0.25, 0.3) is 5.91 Å². The largest absolute Gasteiger partial charge is 0.372 e. The first kappa shape index (κ1) is 19.2. The lowest BCUT2D eigenvalue weighted by molar-refractivity contribution is -0.133. The topological polar surface area (TPSA) is 69.6 Å². The summed E-state index contributed by atoms with van der Waals surface area (Å²) in [6.45, 7) is 1.63. The Labute approximate surface area is 173 Å². The molecule has 5 nitrogen and oxygen atoms in total. The normalized spacial score (nSPS) is 17.9. The van der Waals surface area contributed by atoms with E-state index in [1.54, 1.807) is 60.7 Å². The molecule has 0 radical (unpaired) electrons. The molecule has 29 heavy (non-hydrogen) atoms. The fraction of sp³-hybridized carbons (Fsp3) is 0.130. The number of aliphatic hydroxyl groups is 1. The van der Waals surface area contributed by atoms with Crippen molar-refractivity contribution in [3.63, 3.8) is 0 Å². The van der Waals surface area contributed by atoms with E-state index in [1.807, 2.05) is 19.1 Å². The molecule has 0 bridgehead atoms. The van der Waals surface area contributed by atoms with E-state index < -0.39 is 11.5 Å².